The van der Waals surface area contributed by atoms with E-state index in [1.165, 1.54) is 0 Å². The second-order valence-corrected chi connectivity index (χ2v) is 3.19. The van der Waals surface area contributed by atoms with E-state index in [0.29, 0.717) is 5.56 Å². The molecular weight excluding hydrogens is 174 g/mol. The highest BCUT2D eigenvalue weighted by atomic mass is 16.1. The second-order valence-electron chi connectivity index (χ2n) is 3.19. The summed E-state index contributed by atoms with van der Waals surface area (Å²) in [6.45, 7) is 3.96. The highest BCUT2D eigenvalue weighted by molar-refractivity contribution is 5.94. The lowest BCUT2D eigenvalue weighted by molar-refractivity contribution is 0.0962. The molecule has 1 rings (SSSR count). The first kappa shape index (κ1) is 10.8. The van der Waals surface area contributed by atoms with Crippen molar-refractivity contribution in [2.45, 2.75) is 26.2 Å². The van der Waals surface area contributed by atoms with E-state index in [4.69, 9.17) is 0 Å². The van der Waals surface area contributed by atoms with E-state index in [-0.39, 0.29) is 5.91 Å². The normalized spacial score (nSPS) is 9.79. The Morgan fingerprint density at radius 1 is 1.36 bits per heavy atom. The molecule has 0 aromatic heterocycles. The van der Waals surface area contributed by atoms with Gasteiger partial charge >= 0.3 is 0 Å². The molecule has 0 fully saturated rings. The monoisotopic (exact) mass is 190 g/mol. The summed E-state index contributed by atoms with van der Waals surface area (Å²) in [5, 5.41) is 2.77. The van der Waals surface area contributed by atoms with Crippen LogP contribution in [0.3, 0.4) is 0 Å². The summed E-state index contributed by atoms with van der Waals surface area (Å²) < 4.78 is 0. The maximum absolute atomic E-state index is 11.5. The van der Waals surface area contributed by atoms with Crippen molar-refractivity contribution in [3.05, 3.63) is 42.4 Å². The molecule has 2 nitrogen and oxygen atoms in total. The van der Waals surface area contributed by atoms with Gasteiger partial charge in [0, 0.05) is 12.1 Å². The summed E-state index contributed by atoms with van der Waals surface area (Å²) in [6, 6.07) is 9.24. The molecule has 0 heterocycles. The van der Waals surface area contributed by atoms with Crippen molar-refractivity contribution in [3.63, 3.8) is 0 Å². The van der Waals surface area contributed by atoms with Crippen LogP contribution in [0.1, 0.15) is 36.5 Å². The van der Waals surface area contributed by atoms with Gasteiger partial charge in [0.1, 0.15) is 0 Å². The Balaban J connectivity index is 2.29. The summed E-state index contributed by atoms with van der Waals surface area (Å²) in [6.07, 6.45) is 3.21. The van der Waals surface area contributed by atoms with E-state index in [2.05, 4.69) is 12.2 Å². The zero-order chi connectivity index (χ0) is 10.2. The number of rotatable bonds is 5. The van der Waals surface area contributed by atoms with Crippen molar-refractivity contribution in [2.24, 2.45) is 0 Å². The second kappa shape index (κ2) is 6.19. The molecule has 1 N–H and O–H groups in total. The Morgan fingerprint density at radius 2 is 2.07 bits per heavy atom. The molecule has 0 unspecified atom stereocenters. The SMILES string of the molecule is CCCC[CH]NC(=O)c1ccccc1. The first-order chi connectivity index (χ1) is 6.84. The van der Waals surface area contributed by atoms with Crippen LogP contribution < -0.4 is 5.32 Å². The molecule has 2 heteroatoms. The first-order valence-corrected chi connectivity index (χ1v) is 5.02. The Kier molecular flexibility index (Phi) is 4.76. The van der Waals surface area contributed by atoms with Crippen LogP contribution in [0.5, 0.6) is 0 Å². The van der Waals surface area contributed by atoms with Gasteiger partial charge in [0.05, 0.1) is 0 Å². The largest absolute Gasteiger partial charge is 0.347 e. The molecule has 0 saturated heterocycles. The first-order valence-electron chi connectivity index (χ1n) is 5.02. The Bertz CT molecular complexity index is 269. The summed E-state index contributed by atoms with van der Waals surface area (Å²) in [4.78, 5) is 11.5. The van der Waals surface area contributed by atoms with Gasteiger partial charge in [0.2, 0.25) is 0 Å². The smallest absolute Gasteiger partial charge is 0.251 e. The lowest BCUT2D eigenvalue weighted by atomic mass is 10.2. The molecule has 0 aliphatic heterocycles. The van der Waals surface area contributed by atoms with E-state index in [9.17, 15) is 4.79 Å². The quantitative estimate of drug-likeness (QED) is 0.711. The van der Waals surface area contributed by atoms with Gasteiger partial charge in [0.25, 0.3) is 5.91 Å². The standard InChI is InChI=1S/C12H16NO/c1-2-3-7-10-13-12(14)11-8-5-4-6-9-11/h4-6,8-10H,2-3,7H2,1H3,(H,13,14). The number of benzene rings is 1. The Hall–Kier alpha value is -1.31. The fourth-order valence-electron chi connectivity index (χ4n) is 1.14. The van der Waals surface area contributed by atoms with Gasteiger partial charge in [-0.05, 0) is 18.6 Å². The zero-order valence-corrected chi connectivity index (χ0v) is 8.49. The van der Waals surface area contributed by atoms with E-state index in [1.807, 2.05) is 36.9 Å². The Labute approximate surface area is 85.3 Å². The van der Waals surface area contributed by atoms with Crippen molar-refractivity contribution < 1.29 is 4.79 Å². The molecular formula is C12H16NO. The molecule has 75 valence electrons. The highest BCUT2D eigenvalue weighted by Crippen LogP contribution is 2.00. The molecule has 0 atom stereocenters. The minimum Gasteiger partial charge on any atom is -0.347 e. The topological polar surface area (TPSA) is 29.1 Å². The van der Waals surface area contributed by atoms with Crippen molar-refractivity contribution in [2.75, 3.05) is 0 Å². The molecule has 1 amide bonds. The van der Waals surface area contributed by atoms with Gasteiger partial charge in [-0.25, -0.2) is 0 Å². The maximum Gasteiger partial charge on any atom is 0.251 e. The number of unbranched alkanes of at least 4 members (excludes halogenated alkanes) is 2. The zero-order valence-electron chi connectivity index (χ0n) is 8.49. The Morgan fingerprint density at radius 3 is 2.71 bits per heavy atom. The molecule has 1 aromatic carbocycles. The number of hydrogen-bond donors (Lipinski definition) is 1. The predicted molar refractivity (Wildman–Crippen MR) is 57.7 cm³/mol. The molecule has 0 saturated carbocycles. The maximum atomic E-state index is 11.5. The third-order valence-corrected chi connectivity index (χ3v) is 1.97. The van der Waals surface area contributed by atoms with Crippen LogP contribution in [0.2, 0.25) is 0 Å². The van der Waals surface area contributed by atoms with Crippen molar-refractivity contribution in [1.82, 2.24) is 5.32 Å². The van der Waals surface area contributed by atoms with E-state index < -0.39 is 0 Å². The van der Waals surface area contributed by atoms with Crippen molar-refractivity contribution >= 4 is 5.91 Å². The van der Waals surface area contributed by atoms with Crippen molar-refractivity contribution in [1.29, 1.82) is 0 Å². The summed E-state index contributed by atoms with van der Waals surface area (Å²) in [5.74, 6) is -0.0262. The number of carbonyl (C=O) groups excluding carboxylic acids is 1. The summed E-state index contributed by atoms with van der Waals surface area (Å²) >= 11 is 0. The number of amides is 1. The molecule has 0 aliphatic carbocycles. The number of carbonyl (C=O) groups is 1. The van der Waals surface area contributed by atoms with Gasteiger partial charge in [-0.2, -0.15) is 0 Å². The van der Waals surface area contributed by atoms with Crippen LogP contribution in [0.15, 0.2) is 30.3 Å². The highest BCUT2D eigenvalue weighted by Gasteiger charge is 2.02. The average Bonchev–Trinajstić information content (AvgIpc) is 2.25. The third-order valence-electron chi connectivity index (χ3n) is 1.97. The van der Waals surface area contributed by atoms with E-state index in [0.717, 1.165) is 19.3 Å². The van der Waals surface area contributed by atoms with Crippen LogP contribution in [-0.2, 0) is 0 Å². The van der Waals surface area contributed by atoms with E-state index >= 15 is 0 Å². The number of hydrogen-bond acceptors (Lipinski definition) is 1. The predicted octanol–water partition coefficient (Wildman–Crippen LogP) is 2.77. The fourth-order valence-corrected chi connectivity index (χ4v) is 1.14. The van der Waals surface area contributed by atoms with Crippen LogP contribution in [0, 0.1) is 6.54 Å². The van der Waals surface area contributed by atoms with Crippen LogP contribution in [0.25, 0.3) is 0 Å². The van der Waals surface area contributed by atoms with Gasteiger partial charge in [-0.15, -0.1) is 0 Å². The van der Waals surface area contributed by atoms with E-state index in [1.54, 1.807) is 0 Å². The minimum absolute atomic E-state index is 0.0262. The lowest BCUT2D eigenvalue weighted by Gasteiger charge is -2.03. The van der Waals surface area contributed by atoms with Gasteiger partial charge < -0.3 is 5.32 Å². The van der Waals surface area contributed by atoms with Gasteiger partial charge in [-0.3, -0.25) is 4.79 Å². The summed E-state index contributed by atoms with van der Waals surface area (Å²) in [7, 11) is 0. The number of nitrogens with one attached hydrogen (secondary N) is 1. The fraction of sp³-hybridized carbons (Fsp3) is 0.333. The van der Waals surface area contributed by atoms with Gasteiger partial charge in [-0.1, -0.05) is 38.0 Å². The van der Waals surface area contributed by atoms with Crippen LogP contribution in [-0.4, -0.2) is 5.91 Å². The van der Waals surface area contributed by atoms with Crippen molar-refractivity contribution in [3.8, 4) is 0 Å². The molecule has 1 aromatic rings. The third kappa shape index (κ3) is 3.60. The minimum atomic E-state index is -0.0262. The molecule has 0 spiro atoms. The lowest BCUT2D eigenvalue weighted by Crippen LogP contribution is -2.20. The molecule has 14 heavy (non-hydrogen) atoms. The molecule has 1 radical (unpaired) electrons. The average molecular weight is 190 g/mol. The van der Waals surface area contributed by atoms with Gasteiger partial charge in [0.15, 0.2) is 0 Å². The molecule has 0 aliphatic rings. The van der Waals surface area contributed by atoms with Crippen LogP contribution >= 0.6 is 0 Å². The summed E-state index contributed by atoms with van der Waals surface area (Å²) in [5.41, 5.74) is 0.709. The van der Waals surface area contributed by atoms with Crippen LogP contribution in [0.4, 0.5) is 0 Å². The molecule has 0 bridgehead atoms.